The van der Waals surface area contributed by atoms with Crippen LogP contribution in [0.4, 0.5) is 5.69 Å². The number of ether oxygens (including phenoxy) is 2. The van der Waals surface area contributed by atoms with Crippen molar-refractivity contribution < 1.29 is 29.0 Å². The van der Waals surface area contributed by atoms with E-state index in [1.165, 1.54) is 4.90 Å². The van der Waals surface area contributed by atoms with Gasteiger partial charge in [-0.25, -0.2) is 0 Å². The molecule has 8 nitrogen and oxygen atoms in total. The van der Waals surface area contributed by atoms with E-state index in [1.54, 1.807) is 23.1 Å². The van der Waals surface area contributed by atoms with Gasteiger partial charge in [-0.15, -0.1) is 0 Å². The van der Waals surface area contributed by atoms with E-state index in [2.05, 4.69) is 0 Å². The fourth-order valence-corrected chi connectivity index (χ4v) is 6.03. The average molecular weight is 475 g/mol. The van der Waals surface area contributed by atoms with Crippen molar-refractivity contribution in [3.63, 3.8) is 0 Å². The third-order valence-corrected chi connectivity index (χ3v) is 7.52. The molecule has 8 heteroatoms. The summed E-state index contributed by atoms with van der Waals surface area (Å²) in [5, 5.41) is 11.5. The largest absolute Gasteiger partial charge is 0.461 e. The Labute approximate surface area is 202 Å². The summed E-state index contributed by atoms with van der Waals surface area (Å²) in [7, 11) is 0. The van der Waals surface area contributed by atoms with Gasteiger partial charge in [0.15, 0.2) is 0 Å². The zero-order chi connectivity index (χ0) is 24.2. The van der Waals surface area contributed by atoms with Crippen LogP contribution in [0.2, 0.25) is 0 Å². The minimum absolute atomic E-state index is 0.121. The van der Waals surface area contributed by atoms with E-state index in [0.717, 1.165) is 16.5 Å². The first-order chi connectivity index (χ1) is 17.0. The van der Waals surface area contributed by atoms with Crippen LogP contribution in [-0.2, 0) is 23.9 Å². The van der Waals surface area contributed by atoms with E-state index in [-0.39, 0.29) is 31.6 Å². The molecule has 2 saturated heterocycles. The maximum Gasteiger partial charge on any atom is 0.313 e. The summed E-state index contributed by atoms with van der Waals surface area (Å²) in [5.74, 6) is -2.78. The highest BCUT2D eigenvalue weighted by Crippen LogP contribution is 2.53. The van der Waals surface area contributed by atoms with Gasteiger partial charge in [-0.05, 0) is 35.4 Å². The molecular formula is C27H26N2O6. The van der Waals surface area contributed by atoms with Gasteiger partial charge in [0.1, 0.15) is 24.2 Å². The lowest BCUT2D eigenvalue weighted by molar-refractivity contribution is -0.152. The van der Waals surface area contributed by atoms with Gasteiger partial charge in [-0.1, -0.05) is 48.6 Å². The molecule has 2 aromatic rings. The SMILES string of the molecule is O=C1OCC=C[C@H]2OC34C=CCN(c5ccc6ccccc6c5)C(=O)[C@H]3N(CCCO)C(=O)[C@@H]4[C@@H]12. The molecule has 0 bridgehead atoms. The van der Waals surface area contributed by atoms with Gasteiger partial charge in [-0.3, -0.25) is 14.4 Å². The Hall–Kier alpha value is -3.49. The second-order valence-electron chi connectivity index (χ2n) is 9.39. The maximum atomic E-state index is 14.2. The van der Waals surface area contributed by atoms with Crippen LogP contribution >= 0.6 is 0 Å². The number of nitrogens with zero attached hydrogens (tertiary/aromatic N) is 2. The number of aliphatic hydroxyl groups excluding tert-OH is 1. The fraction of sp³-hybridized carbons (Fsp3) is 0.370. The summed E-state index contributed by atoms with van der Waals surface area (Å²) >= 11 is 0. The number of carbonyl (C=O) groups is 3. The Bertz CT molecular complexity index is 1270. The Kier molecular flexibility index (Phi) is 5.23. The molecule has 4 heterocycles. The molecule has 6 rings (SSSR count). The van der Waals surface area contributed by atoms with Crippen LogP contribution in [0.1, 0.15) is 6.42 Å². The van der Waals surface area contributed by atoms with E-state index in [0.29, 0.717) is 13.0 Å². The Morgan fingerprint density at radius 2 is 1.86 bits per heavy atom. The molecule has 0 radical (unpaired) electrons. The van der Waals surface area contributed by atoms with Gasteiger partial charge in [0.25, 0.3) is 5.91 Å². The van der Waals surface area contributed by atoms with Crippen LogP contribution in [0.5, 0.6) is 0 Å². The number of anilines is 1. The maximum absolute atomic E-state index is 14.2. The summed E-state index contributed by atoms with van der Waals surface area (Å²) in [4.78, 5) is 44.0. The monoisotopic (exact) mass is 474 g/mol. The molecule has 35 heavy (non-hydrogen) atoms. The predicted molar refractivity (Wildman–Crippen MR) is 127 cm³/mol. The molecule has 2 fully saturated rings. The summed E-state index contributed by atoms with van der Waals surface area (Å²) < 4.78 is 11.8. The van der Waals surface area contributed by atoms with E-state index in [1.807, 2.05) is 48.5 Å². The summed E-state index contributed by atoms with van der Waals surface area (Å²) in [6, 6.07) is 12.8. The summed E-state index contributed by atoms with van der Waals surface area (Å²) in [5.41, 5.74) is -0.564. The van der Waals surface area contributed by atoms with Crippen LogP contribution in [0, 0.1) is 11.8 Å². The van der Waals surface area contributed by atoms with Gasteiger partial charge < -0.3 is 24.4 Å². The van der Waals surface area contributed by atoms with Crippen LogP contribution in [-0.4, -0.2) is 71.8 Å². The molecule has 2 aromatic carbocycles. The predicted octanol–water partition coefficient (Wildman–Crippen LogP) is 1.82. The number of hydrogen-bond donors (Lipinski definition) is 1. The molecule has 5 atom stereocenters. The van der Waals surface area contributed by atoms with Crippen LogP contribution < -0.4 is 4.90 Å². The zero-order valence-corrected chi connectivity index (χ0v) is 19.1. The normalized spacial score (nSPS) is 31.7. The van der Waals surface area contributed by atoms with Crippen molar-refractivity contribution >= 4 is 34.2 Å². The first kappa shape index (κ1) is 22.0. The quantitative estimate of drug-likeness (QED) is 0.537. The number of carbonyl (C=O) groups excluding carboxylic acids is 3. The molecular weight excluding hydrogens is 448 g/mol. The average Bonchev–Trinajstić information content (AvgIpc) is 3.16. The standard InChI is InChI=1S/C27H26N2O6/c30-14-5-13-29-23-25(32)28(19-10-9-17-6-1-2-7-18(17)16-19)12-4-11-27(23)22(24(29)31)21-20(35-27)8-3-15-34-26(21)33/h1-4,6-11,16,20-23,30H,5,12-15H2/t20-,21+,22+,23-,27?/m1/s1. The lowest BCUT2D eigenvalue weighted by atomic mass is 9.78. The topological polar surface area (TPSA) is 96.4 Å². The number of aliphatic hydroxyl groups is 1. The van der Waals surface area contributed by atoms with Gasteiger partial charge in [0.2, 0.25) is 5.91 Å². The smallest absolute Gasteiger partial charge is 0.313 e. The number of likely N-dealkylation sites (tertiary alicyclic amines) is 1. The molecule has 4 aliphatic rings. The minimum atomic E-state index is -1.29. The van der Waals surface area contributed by atoms with Crippen molar-refractivity contribution in [2.24, 2.45) is 11.8 Å². The molecule has 1 N–H and O–H groups in total. The number of amides is 2. The van der Waals surface area contributed by atoms with E-state index >= 15 is 0 Å². The van der Waals surface area contributed by atoms with Crippen molar-refractivity contribution in [1.82, 2.24) is 4.90 Å². The van der Waals surface area contributed by atoms with Crippen LogP contribution in [0.15, 0.2) is 66.8 Å². The lowest BCUT2D eigenvalue weighted by Crippen LogP contribution is -2.55. The molecule has 0 aromatic heterocycles. The van der Waals surface area contributed by atoms with Crippen LogP contribution in [0.25, 0.3) is 10.8 Å². The highest BCUT2D eigenvalue weighted by atomic mass is 16.6. The van der Waals surface area contributed by atoms with Gasteiger partial charge in [0, 0.05) is 25.4 Å². The highest BCUT2D eigenvalue weighted by Gasteiger charge is 2.71. The number of rotatable bonds is 4. The van der Waals surface area contributed by atoms with E-state index in [9.17, 15) is 19.5 Å². The molecule has 0 saturated carbocycles. The molecule has 2 amide bonds. The summed E-state index contributed by atoms with van der Waals surface area (Å²) in [6.45, 7) is 0.508. The third-order valence-electron chi connectivity index (χ3n) is 7.52. The molecule has 180 valence electrons. The van der Waals surface area contributed by atoms with Gasteiger partial charge in [-0.2, -0.15) is 0 Å². The molecule has 1 unspecified atom stereocenters. The Balaban J connectivity index is 1.45. The lowest BCUT2D eigenvalue weighted by Gasteiger charge is -2.35. The Morgan fingerprint density at radius 1 is 1.03 bits per heavy atom. The van der Waals surface area contributed by atoms with Crippen molar-refractivity contribution in [3.8, 4) is 0 Å². The van der Waals surface area contributed by atoms with Crippen molar-refractivity contribution in [1.29, 1.82) is 0 Å². The number of hydrogen-bond acceptors (Lipinski definition) is 6. The second kappa shape index (κ2) is 8.32. The van der Waals surface area contributed by atoms with Gasteiger partial charge in [0.05, 0.1) is 12.0 Å². The number of fused-ring (bicyclic) bond motifs is 3. The third kappa shape index (κ3) is 3.24. The van der Waals surface area contributed by atoms with Crippen molar-refractivity contribution in [2.75, 3.05) is 31.2 Å². The molecule has 1 spiro atoms. The zero-order valence-electron chi connectivity index (χ0n) is 19.1. The second-order valence-corrected chi connectivity index (χ2v) is 9.39. The number of benzene rings is 2. The van der Waals surface area contributed by atoms with Crippen molar-refractivity contribution in [3.05, 3.63) is 66.8 Å². The van der Waals surface area contributed by atoms with E-state index < -0.39 is 35.6 Å². The van der Waals surface area contributed by atoms with E-state index in [4.69, 9.17) is 9.47 Å². The van der Waals surface area contributed by atoms with Gasteiger partial charge >= 0.3 is 5.97 Å². The fourth-order valence-electron chi connectivity index (χ4n) is 6.03. The summed E-state index contributed by atoms with van der Waals surface area (Å²) in [6.07, 6.45) is 6.79. The number of cyclic esters (lactones) is 1. The van der Waals surface area contributed by atoms with Crippen molar-refractivity contribution in [2.45, 2.75) is 24.2 Å². The minimum Gasteiger partial charge on any atom is -0.461 e. The first-order valence-electron chi connectivity index (χ1n) is 12.0. The first-order valence-corrected chi connectivity index (χ1v) is 12.0. The Morgan fingerprint density at radius 3 is 2.69 bits per heavy atom. The molecule has 0 aliphatic carbocycles. The molecule has 4 aliphatic heterocycles. The van der Waals surface area contributed by atoms with Crippen LogP contribution in [0.3, 0.4) is 0 Å². The highest BCUT2D eigenvalue weighted by molar-refractivity contribution is 6.06. The number of esters is 1.